The van der Waals surface area contributed by atoms with E-state index in [2.05, 4.69) is 19.9 Å². The Hall–Kier alpha value is -0.630. The number of hydrogen-bond donors (Lipinski definition) is 1. The predicted molar refractivity (Wildman–Crippen MR) is 106 cm³/mol. The molecule has 0 aromatic rings. The first-order valence-electron chi connectivity index (χ1n) is 11.4. The number of aliphatic hydroxyl groups is 1. The summed E-state index contributed by atoms with van der Waals surface area (Å²) >= 11 is 0. The van der Waals surface area contributed by atoms with Crippen LogP contribution in [0.25, 0.3) is 0 Å². The molecule has 26 heavy (non-hydrogen) atoms. The van der Waals surface area contributed by atoms with Crippen LogP contribution in [0.5, 0.6) is 0 Å². The minimum absolute atomic E-state index is 0.0662. The average Bonchev–Trinajstić information content (AvgIpc) is 3.43. The molecule has 146 valence electrons. The van der Waals surface area contributed by atoms with Crippen molar-refractivity contribution in [3.63, 3.8) is 0 Å². The van der Waals surface area contributed by atoms with Crippen LogP contribution in [0.15, 0.2) is 11.6 Å². The molecule has 2 heteroatoms. The summed E-state index contributed by atoms with van der Waals surface area (Å²) in [7, 11) is 0. The van der Waals surface area contributed by atoms with Crippen molar-refractivity contribution < 1.29 is 9.90 Å². The maximum atomic E-state index is 12.8. The number of hydrogen-bond acceptors (Lipinski definition) is 2. The molecule has 0 amide bonds. The molecule has 2 nitrogen and oxygen atoms in total. The predicted octanol–water partition coefficient (Wildman–Crippen LogP) is 5.54. The maximum absolute atomic E-state index is 12.8. The summed E-state index contributed by atoms with van der Waals surface area (Å²) in [6.07, 6.45) is 12.7. The van der Waals surface area contributed by atoms with Gasteiger partial charge in [-0.1, -0.05) is 33.3 Å². The third-order valence-electron chi connectivity index (χ3n) is 9.08. The third-order valence-corrected chi connectivity index (χ3v) is 9.08. The van der Waals surface area contributed by atoms with E-state index in [9.17, 15) is 9.90 Å². The van der Waals surface area contributed by atoms with Crippen molar-refractivity contribution in [2.24, 2.45) is 40.4 Å². The summed E-state index contributed by atoms with van der Waals surface area (Å²) in [5, 5.41) is 10.2. The Morgan fingerprint density at radius 2 is 1.73 bits per heavy atom. The Morgan fingerprint density at radius 3 is 2.42 bits per heavy atom. The molecule has 0 spiro atoms. The molecule has 7 unspecified atom stereocenters. The first-order chi connectivity index (χ1) is 12.4. The molecule has 1 N–H and O–H groups in total. The molecule has 4 saturated carbocycles. The summed E-state index contributed by atoms with van der Waals surface area (Å²) in [4.78, 5) is 12.8. The summed E-state index contributed by atoms with van der Waals surface area (Å²) in [6, 6.07) is 0. The normalized spacial score (nSPS) is 50.0. The van der Waals surface area contributed by atoms with E-state index in [1.54, 1.807) is 5.57 Å². The Labute approximate surface area is 159 Å². The van der Waals surface area contributed by atoms with E-state index in [0.717, 1.165) is 37.0 Å². The molecule has 5 aliphatic rings. The second-order valence-electron chi connectivity index (χ2n) is 10.2. The largest absolute Gasteiger partial charge is 0.393 e. The molecule has 0 aliphatic heterocycles. The van der Waals surface area contributed by atoms with Gasteiger partial charge in [0.2, 0.25) is 0 Å². The van der Waals surface area contributed by atoms with Crippen LogP contribution in [0.2, 0.25) is 0 Å². The van der Waals surface area contributed by atoms with Crippen LogP contribution in [-0.4, -0.2) is 17.0 Å². The van der Waals surface area contributed by atoms with Crippen molar-refractivity contribution >= 4 is 5.78 Å². The minimum Gasteiger partial charge on any atom is -0.393 e. The minimum atomic E-state index is -0.0868. The molecule has 5 rings (SSSR count). The number of carbonyl (C=O) groups is 1. The Bertz CT molecular complexity index is 603. The smallest absolute Gasteiger partial charge is 0.162 e. The molecule has 5 aliphatic carbocycles. The second-order valence-corrected chi connectivity index (χ2v) is 10.2. The van der Waals surface area contributed by atoms with E-state index >= 15 is 0 Å². The molecule has 0 saturated heterocycles. The van der Waals surface area contributed by atoms with Crippen molar-refractivity contribution in [2.45, 2.75) is 91.6 Å². The molecule has 0 radical (unpaired) electrons. The fraction of sp³-hybridized carbons (Fsp3) is 0.875. The average molecular weight is 359 g/mol. The van der Waals surface area contributed by atoms with E-state index in [4.69, 9.17) is 0 Å². The van der Waals surface area contributed by atoms with Gasteiger partial charge in [-0.05, 0) is 98.9 Å². The van der Waals surface area contributed by atoms with Gasteiger partial charge in [-0.2, -0.15) is 0 Å². The molecular weight excluding hydrogens is 320 g/mol. The highest BCUT2D eigenvalue weighted by Gasteiger charge is 2.61. The van der Waals surface area contributed by atoms with Gasteiger partial charge < -0.3 is 5.11 Å². The van der Waals surface area contributed by atoms with E-state index in [-0.39, 0.29) is 11.5 Å². The van der Waals surface area contributed by atoms with Gasteiger partial charge in [0.1, 0.15) is 0 Å². The standard InChI is InChI=1S/C22H32O2.C2H6/c1-21-9-7-15(23)11-14(21)5-6-16-18(21)8-10-22(2)19(24)12-17(20(16)22)13-3-4-13;1-2/h12-16,18,20,23H,3-11H2,1-2H3;1-2H3. The molecule has 0 aromatic heterocycles. The summed E-state index contributed by atoms with van der Waals surface area (Å²) in [5.41, 5.74) is 1.87. The molecule has 7 atom stereocenters. The zero-order valence-electron chi connectivity index (χ0n) is 17.3. The molecular formula is C24H38O2. The molecule has 4 fully saturated rings. The van der Waals surface area contributed by atoms with Crippen LogP contribution in [0.3, 0.4) is 0 Å². The zero-order valence-corrected chi connectivity index (χ0v) is 17.3. The number of aliphatic hydroxyl groups excluding tert-OH is 1. The van der Waals surface area contributed by atoms with Crippen LogP contribution in [0, 0.1) is 40.4 Å². The Morgan fingerprint density at radius 1 is 1.00 bits per heavy atom. The molecule has 0 heterocycles. The topological polar surface area (TPSA) is 37.3 Å². The number of rotatable bonds is 1. The lowest BCUT2D eigenvalue weighted by atomic mass is 9.44. The Balaban J connectivity index is 0.000000814. The fourth-order valence-corrected chi connectivity index (χ4v) is 7.53. The maximum Gasteiger partial charge on any atom is 0.162 e. The van der Waals surface area contributed by atoms with Gasteiger partial charge in [0.05, 0.1) is 6.10 Å². The lowest BCUT2D eigenvalue weighted by Gasteiger charge is -2.60. The second kappa shape index (κ2) is 6.47. The molecule has 0 bridgehead atoms. The quantitative estimate of drug-likeness (QED) is 0.668. The van der Waals surface area contributed by atoms with Crippen LogP contribution < -0.4 is 0 Å². The van der Waals surface area contributed by atoms with E-state index < -0.39 is 0 Å². The van der Waals surface area contributed by atoms with Gasteiger partial charge in [-0.15, -0.1) is 0 Å². The van der Waals surface area contributed by atoms with Crippen LogP contribution >= 0.6 is 0 Å². The lowest BCUT2D eigenvalue weighted by molar-refractivity contribution is -0.140. The van der Waals surface area contributed by atoms with E-state index in [0.29, 0.717) is 23.0 Å². The van der Waals surface area contributed by atoms with Gasteiger partial charge >= 0.3 is 0 Å². The third kappa shape index (κ3) is 2.58. The summed E-state index contributed by atoms with van der Waals surface area (Å²) in [6.45, 7) is 8.81. The highest BCUT2D eigenvalue weighted by Crippen LogP contribution is 2.67. The van der Waals surface area contributed by atoms with Crippen molar-refractivity contribution in [2.75, 3.05) is 0 Å². The first-order valence-corrected chi connectivity index (χ1v) is 11.4. The van der Waals surface area contributed by atoms with Crippen molar-refractivity contribution in [3.8, 4) is 0 Å². The van der Waals surface area contributed by atoms with Gasteiger partial charge in [0.25, 0.3) is 0 Å². The summed E-state index contributed by atoms with van der Waals surface area (Å²) in [5.74, 6) is 3.92. The van der Waals surface area contributed by atoms with E-state index in [1.807, 2.05) is 13.8 Å². The van der Waals surface area contributed by atoms with Crippen molar-refractivity contribution in [1.29, 1.82) is 0 Å². The molecule has 0 aromatic carbocycles. The van der Waals surface area contributed by atoms with Gasteiger partial charge in [-0.25, -0.2) is 0 Å². The first kappa shape index (κ1) is 18.7. The highest BCUT2D eigenvalue weighted by atomic mass is 16.3. The van der Waals surface area contributed by atoms with Crippen molar-refractivity contribution in [1.82, 2.24) is 0 Å². The van der Waals surface area contributed by atoms with Crippen LogP contribution in [0.4, 0.5) is 0 Å². The lowest BCUT2D eigenvalue weighted by Crippen LogP contribution is -2.54. The van der Waals surface area contributed by atoms with Crippen LogP contribution in [-0.2, 0) is 4.79 Å². The monoisotopic (exact) mass is 358 g/mol. The number of carbonyl (C=O) groups excluding carboxylic acids is 1. The SMILES string of the molecule is CC.CC12CCC3C(CCC4CC(O)CCC43C)C1C(C1CC1)=CC2=O. The number of allylic oxidation sites excluding steroid dienone is 2. The van der Waals surface area contributed by atoms with Gasteiger partial charge in [0, 0.05) is 5.41 Å². The Kier molecular flexibility index (Phi) is 4.66. The summed E-state index contributed by atoms with van der Waals surface area (Å²) < 4.78 is 0. The fourth-order valence-electron chi connectivity index (χ4n) is 7.53. The zero-order chi connectivity index (χ0) is 18.7. The van der Waals surface area contributed by atoms with Crippen LogP contribution in [0.1, 0.15) is 85.5 Å². The van der Waals surface area contributed by atoms with Crippen molar-refractivity contribution in [3.05, 3.63) is 11.6 Å². The van der Waals surface area contributed by atoms with E-state index in [1.165, 1.54) is 38.5 Å². The van der Waals surface area contributed by atoms with Gasteiger partial charge in [-0.3, -0.25) is 4.79 Å². The number of fused-ring (bicyclic) bond motifs is 5. The highest BCUT2D eigenvalue weighted by molar-refractivity contribution is 5.99. The van der Waals surface area contributed by atoms with Gasteiger partial charge in [0.15, 0.2) is 5.78 Å². The number of ketones is 1.